The van der Waals surface area contributed by atoms with E-state index in [-0.39, 0.29) is 0 Å². The van der Waals surface area contributed by atoms with Gasteiger partial charge in [-0.3, -0.25) is 0 Å². The number of benzene rings is 9. The molecule has 2 heterocycles. The average Bonchev–Trinajstić information content (AvgIpc) is 3.71. The van der Waals surface area contributed by atoms with E-state index >= 15 is 0 Å². The van der Waals surface area contributed by atoms with Crippen LogP contribution in [0.5, 0.6) is 0 Å². The van der Waals surface area contributed by atoms with Crippen LogP contribution in [0.15, 0.2) is 182 Å². The van der Waals surface area contributed by atoms with Crippen molar-refractivity contribution in [3.63, 3.8) is 0 Å². The summed E-state index contributed by atoms with van der Waals surface area (Å²) in [6.07, 6.45) is 0. The summed E-state index contributed by atoms with van der Waals surface area (Å²) in [7, 11) is 0. The minimum atomic E-state index is 1.15. The van der Waals surface area contributed by atoms with E-state index in [4.69, 9.17) is 0 Å². The van der Waals surface area contributed by atoms with Gasteiger partial charge < -0.3 is 9.13 Å². The lowest BCUT2D eigenvalue weighted by Gasteiger charge is -2.15. The summed E-state index contributed by atoms with van der Waals surface area (Å²) in [6, 6.07) is 66.5. The average molecular weight is 635 g/mol. The topological polar surface area (TPSA) is 9.86 Å². The Hall–Kier alpha value is -6.64. The van der Waals surface area contributed by atoms with E-state index in [9.17, 15) is 0 Å². The van der Waals surface area contributed by atoms with Gasteiger partial charge in [0, 0.05) is 38.2 Å². The monoisotopic (exact) mass is 634 g/mol. The Kier molecular flexibility index (Phi) is 5.70. The molecule has 2 aromatic heterocycles. The minimum Gasteiger partial charge on any atom is -0.309 e. The molecule has 0 aliphatic heterocycles. The van der Waals surface area contributed by atoms with Gasteiger partial charge in [-0.15, -0.1) is 0 Å². The molecule has 0 N–H and O–H groups in total. The second-order valence-corrected chi connectivity index (χ2v) is 13.3. The maximum absolute atomic E-state index is 2.52. The molecular formula is C48H30N2. The van der Waals surface area contributed by atoms with Gasteiger partial charge in [-0.05, 0) is 69.2 Å². The standard InChI is InChI=1S/C48H30N2/c1-3-14-31(15-4-1)32-26-28-34(29-27-32)49-41-24-12-10-21-39(41)46-43(49)30-44-48-45-37(36-19-7-8-20-38(36)47(46)48)22-13-25-42(45)50(44)40-23-11-9-18-35(40)33-16-5-2-6-17-33/h1-30H. The summed E-state index contributed by atoms with van der Waals surface area (Å²) in [4.78, 5) is 0. The number of hydrogen-bond acceptors (Lipinski definition) is 0. The molecule has 2 nitrogen and oxygen atoms in total. The first kappa shape index (κ1) is 27.3. The Morgan fingerprint density at radius 2 is 0.820 bits per heavy atom. The SMILES string of the molecule is c1ccc(-c2ccc(-n3c4ccccc4c4c5c6ccccc6c6cccc7c6c5c(cc43)n7-c3ccccc3-c3ccccc3)cc2)cc1. The van der Waals surface area contributed by atoms with Gasteiger partial charge in [-0.25, -0.2) is 0 Å². The fourth-order valence-electron chi connectivity index (χ4n) is 8.59. The molecule has 2 heteroatoms. The third kappa shape index (κ3) is 3.73. The van der Waals surface area contributed by atoms with Gasteiger partial charge in [0.1, 0.15) is 0 Å². The fourth-order valence-corrected chi connectivity index (χ4v) is 8.59. The van der Waals surface area contributed by atoms with Gasteiger partial charge in [0.15, 0.2) is 0 Å². The van der Waals surface area contributed by atoms with Crippen molar-refractivity contribution >= 4 is 65.2 Å². The van der Waals surface area contributed by atoms with Gasteiger partial charge >= 0.3 is 0 Å². The largest absolute Gasteiger partial charge is 0.309 e. The maximum Gasteiger partial charge on any atom is 0.0569 e. The van der Waals surface area contributed by atoms with E-state index in [2.05, 4.69) is 191 Å². The number of para-hydroxylation sites is 2. The van der Waals surface area contributed by atoms with Crippen molar-refractivity contribution in [1.29, 1.82) is 0 Å². The molecule has 0 radical (unpaired) electrons. The van der Waals surface area contributed by atoms with Gasteiger partial charge in [-0.1, -0.05) is 146 Å². The number of fused-ring (bicyclic) bond motifs is 7. The summed E-state index contributed by atoms with van der Waals surface area (Å²) in [5, 5.41) is 10.4. The first-order chi connectivity index (χ1) is 24.8. The zero-order chi connectivity index (χ0) is 32.8. The lowest BCUT2D eigenvalue weighted by Crippen LogP contribution is -1.98. The Morgan fingerprint density at radius 1 is 0.280 bits per heavy atom. The highest BCUT2D eigenvalue weighted by atomic mass is 15.0. The molecule has 0 fully saturated rings. The van der Waals surface area contributed by atoms with Crippen molar-refractivity contribution in [3.05, 3.63) is 182 Å². The Morgan fingerprint density at radius 3 is 1.62 bits per heavy atom. The highest BCUT2D eigenvalue weighted by Crippen LogP contribution is 2.49. The second kappa shape index (κ2) is 10.4. The normalized spacial score (nSPS) is 12.0. The lowest BCUT2D eigenvalue weighted by molar-refractivity contribution is 1.17. The molecule has 9 aromatic carbocycles. The number of rotatable bonds is 4. The molecule has 0 aliphatic carbocycles. The van der Waals surface area contributed by atoms with Crippen LogP contribution in [0.2, 0.25) is 0 Å². The third-order valence-corrected chi connectivity index (χ3v) is 10.7. The van der Waals surface area contributed by atoms with E-state index in [1.807, 2.05) is 0 Å². The first-order valence-electron chi connectivity index (χ1n) is 17.3. The van der Waals surface area contributed by atoms with E-state index in [1.165, 1.54) is 93.1 Å². The summed E-state index contributed by atoms with van der Waals surface area (Å²) < 4.78 is 4.99. The molecule has 0 spiro atoms. The predicted octanol–water partition coefficient (Wildman–Crippen LogP) is 13.0. The molecule has 0 saturated carbocycles. The molecule has 232 valence electrons. The number of aromatic nitrogens is 2. The highest BCUT2D eigenvalue weighted by molar-refractivity contribution is 6.41. The van der Waals surface area contributed by atoms with Crippen molar-refractivity contribution in [2.45, 2.75) is 0 Å². The summed E-state index contributed by atoms with van der Waals surface area (Å²) in [6.45, 7) is 0. The first-order valence-corrected chi connectivity index (χ1v) is 17.3. The minimum absolute atomic E-state index is 1.15. The Labute approximate surface area is 289 Å². The number of hydrogen-bond donors (Lipinski definition) is 0. The van der Waals surface area contributed by atoms with Gasteiger partial charge in [0.2, 0.25) is 0 Å². The summed E-state index contributed by atoms with van der Waals surface area (Å²) in [5.74, 6) is 0. The van der Waals surface area contributed by atoms with Crippen LogP contribution in [0.4, 0.5) is 0 Å². The fraction of sp³-hybridized carbons (Fsp3) is 0. The van der Waals surface area contributed by atoms with Crippen LogP contribution in [-0.2, 0) is 0 Å². The van der Waals surface area contributed by atoms with E-state index in [0.29, 0.717) is 0 Å². The van der Waals surface area contributed by atoms with E-state index in [0.717, 1.165) is 5.69 Å². The van der Waals surface area contributed by atoms with Crippen LogP contribution >= 0.6 is 0 Å². The van der Waals surface area contributed by atoms with Gasteiger partial charge in [0.05, 0.1) is 27.8 Å². The lowest BCUT2D eigenvalue weighted by atomic mass is 9.92. The van der Waals surface area contributed by atoms with Crippen LogP contribution in [0.25, 0.3) is 98.8 Å². The molecule has 0 amide bonds. The molecule has 11 aromatic rings. The van der Waals surface area contributed by atoms with E-state index < -0.39 is 0 Å². The molecule has 0 bridgehead atoms. The predicted molar refractivity (Wildman–Crippen MR) is 212 cm³/mol. The third-order valence-electron chi connectivity index (χ3n) is 10.7. The Bertz CT molecular complexity index is 3050. The molecule has 50 heavy (non-hydrogen) atoms. The summed E-state index contributed by atoms with van der Waals surface area (Å²) >= 11 is 0. The van der Waals surface area contributed by atoms with Crippen LogP contribution in [0.1, 0.15) is 0 Å². The van der Waals surface area contributed by atoms with Gasteiger partial charge in [0.25, 0.3) is 0 Å². The Balaban J connectivity index is 1.34. The molecule has 0 atom stereocenters. The van der Waals surface area contributed by atoms with Gasteiger partial charge in [-0.2, -0.15) is 0 Å². The van der Waals surface area contributed by atoms with Crippen molar-refractivity contribution < 1.29 is 0 Å². The molecule has 0 unspecified atom stereocenters. The highest BCUT2D eigenvalue weighted by Gasteiger charge is 2.25. The van der Waals surface area contributed by atoms with Crippen LogP contribution in [0, 0.1) is 0 Å². The van der Waals surface area contributed by atoms with Crippen molar-refractivity contribution in [2.24, 2.45) is 0 Å². The van der Waals surface area contributed by atoms with E-state index in [1.54, 1.807) is 0 Å². The summed E-state index contributed by atoms with van der Waals surface area (Å²) in [5.41, 5.74) is 12.1. The quantitative estimate of drug-likeness (QED) is 0.171. The van der Waals surface area contributed by atoms with Crippen LogP contribution in [0.3, 0.4) is 0 Å². The molecule has 11 rings (SSSR count). The second-order valence-electron chi connectivity index (χ2n) is 13.3. The van der Waals surface area contributed by atoms with Crippen molar-refractivity contribution in [3.8, 4) is 33.6 Å². The van der Waals surface area contributed by atoms with Crippen LogP contribution in [-0.4, -0.2) is 9.13 Å². The van der Waals surface area contributed by atoms with Crippen molar-refractivity contribution in [2.75, 3.05) is 0 Å². The molecule has 0 saturated heterocycles. The maximum atomic E-state index is 2.52. The zero-order valence-electron chi connectivity index (χ0n) is 27.2. The molecular weight excluding hydrogens is 605 g/mol. The van der Waals surface area contributed by atoms with Crippen LogP contribution < -0.4 is 0 Å². The van der Waals surface area contributed by atoms with Crippen molar-refractivity contribution in [1.82, 2.24) is 9.13 Å². The number of nitrogens with zero attached hydrogens (tertiary/aromatic N) is 2. The zero-order valence-corrected chi connectivity index (χ0v) is 27.2. The molecule has 0 aliphatic rings. The smallest absolute Gasteiger partial charge is 0.0569 e.